The van der Waals surface area contributed by atoms with Crippen LogP contribution in [0.2, 0.25) is 0 Å². The van der Waals surface area contributed by atoms with Gasteiger partial charge in [0.1, 0.15) is 6.10 Å². The van der Waals surface area contributed by atoms with Crippen LogP contribution in [0.25, 0.3) is 0 Å². The van der Waals surface area contributed by atoms with Gasteiger partial charge in [0.15, 0.2) is 5.96 Å². The van der Waals surface area contributed by atoms with Crippen molar-refractivity contribution in [2.24, 2.45) is 4.99 Å². The van der Waals surface area contributed by atoms with Crippen molar-refractivity contribution in [2.45, 2.75) is 25.2 Å². The molecule has 168 valence electrons. The molecule has 0 saturated carbocycles. The van der Waals surface area contributed by atoms with Gasteiger partial charge in [0, 0.05) is 52.4 Å². The molecule has 0 aromatic heterocycles. The van der Waals surface area contributed by atoms with Crippen molar-refractivity contribution in [3.8, 4) is 0 Å². The van der Waals surface area contributed by atoms with Crippen LogP contribution < -0.4 is 5.32 Å². The van der Waals surface area contributed by atoms with Gasteiger partial charge in [-0.15, -0.1) is 0 Å². The standard InChI is InChI=1S/C21H32F3N5O/c1-16(28-9-7-27(3)8-10-28)14-26-20(25-2)29-11-12-30-19(15-29)17-5-4-6-18(13-17)21(22,23)24/h4-6,13,16,19H,7-12,14-15H2,1-3H3,(H,25,26). The predicted molar refractivity (Wildman–Crippen MR) is 112 cm³/mol. The van der Waals surface area contributed by atoms with Gasteiger partial charge in [0.2, 0.25) is 0 Å². The first-order valence-electron chi connectivity index (χ1n) is 10.4. The molecule has 0 amide bonds. The van der Waals surface area contributed by atoms with E-state index >= 15 is 0 Å². The minimum atomic E-state index is -4.36. The molecule has 0 radical (unpaired) electrons. The van der Waals surface area contributed by atoms with Gasteiger partial charge < -0.3 is 19.9 Å². The Bertz CT molecular complexity index is 719. The van der Waals surface area contributed by atoms with E-state index in [4.69, 9.17) is 4.74 Å². The maximum atomic E-state index is 13.1. The number of piperazine rings is 1. The molecule has 0 aliphatic carbocycles. The molecule has 6 nitrogen and oxygen atoms in total. The van der Waals surface area contributed by atoms with Crippen molar-refractivity contribution in [3.63, 3.8) is 0 Å². The zero-order valence-electron chi connectivity index (χ0n) is 18.0. The van der Waals surface area contributed by atoms with Gasteiger partial charge in [-0.25, -0.2) is 0 Å². The topological polar surface area (TPSA) is 43.3 Å². The average molecular weight is 428 g/mol. The van der Waals surface area contributed by atoms with E-state index < -0.39 is 17.8 Å². The van der Waals surface area contributed by atoms with Crippen LogP contribution >= 0.6 is 0 Å². The van der Waals surface area contributed by atoms with Gasteiger partial charge in [0.05, 0.1) is 18.7 Å². The summed E-state index contributed by atoms with van der Waals surface area (Å²) in [6.07, 6.45) is -4.78. The summed E-state index contributed by atoms with van der Waals surface area (Å²) in [6.45, 7) is 8.76. The van der Waals surface area contributed by atoms with Crippen molar-refractivity contribution in [2.75, 3.05) is 66.5 Å². The molecule has 2 aliphatic heterocycles. The lowest BCUT2D eigenvalue weighted by Crippen LogP contribution is -2.54. The Morgan fingerprint density at radius 3 is 2.63 bits per heavy atom. The Balaban J connectivity index is 1.58. The van der Waals surface area contributed by atoms with E-state index in [9.17, 15) is 13.2 Å². The Labute approximate surface area is 176 Å². The smallest absolute Gasteiger partial charge is 0.370 e. The molecule has 0 spiro atoms. The molecule has 30 heavy (non-hydrogen) atoms. The van der Waals surface area contributed by atoms with Crippen molar-refractivity contribution in [1.82, 2.24) is 20.0 Å². The molecule has 2 heterocycles. The molecule has 2 aliphatic rings. The lowest BCUT2D eigenvalue weighted by atomic mass is 10.0. The highest BCUT2D eigenvalue weighted by Gasteiger charge is 2.32. The normalized spacial score (nSPS) is 23.5. The third kappa shape index (κ3) is 5.86. The Morgan fingerprint density at radius 1 is 1.23 bits per heavy atom. The second-order valence-electron chi connectivity index (χ2n) is 8.05. The van der Waals surface area contributed by atoms with Crippen molar-refractivity contribution < 1.29 is 17.9 Å². The maximum Gasteiger partial charge on any atom is 0.416 e. The van der Waals surface area contributed by atoms with Crippen molar-refractivity contribution in [1.29, 1.82) is 0 Å². The number of nitrogens with zero attached hydrogens (tertiary/aromatic N) is 4. The second kappa shape index (κ2) is 9.98. The number of aliphatic imine (C=N–C) groups is 1. The fourth-order valence-corrected chi connectivity index (χ4v) is 3.92. The molecule has 2 atom stereocenters. The summed E-state index contributed by atoms with van der Waals surface area (Å²) < 4.78 is 45.0. The number of likely N-dealkylation sites (N-methyl/N-ethyl adjacent to an activating group) is 1. The summed E-state index contributed by atoms with van der Waals surface area (Å²) in [5, 5.41) is 3.44. The largest absolute Gasteiger partial charge is 0.416 e. The molecule has 9 heteroatoms. The molecule has 3 rings (SSSR count). The van der Waals surface area contributed by atoms with E-state index in [0.29, 0.717) is 31.3 Å². The highest BCUT2D eigenvalue weighted by molar-refractivity contribution is 5.80. The average Bonchev–Trinajstić information content (AvgIpc) is 2.74. The Morgan fingerprint density at radius 2 is 1.97 bits per heavy atom. The number of nitrogens with one attached hydrogen (secondary N) is 1. The highest BCUT2D eigenvalue weighted by atomic mass is 19.4. The summed E-state index contributed by atoms with van der Waals surface area (Å²) in [4.78, 5) is 11.2. The zero-order chi connectivity index (χ0) is 21.7. The number of ether oxygens (including phenoxy) is 1. The number of guanidine groups is 1. The third-order valence-electron chi connectivity index (χ3n) is 5.88. The van der Waals surface area contributed by atoms with Crippen LogP contribution in [-0.2, 0) is 10.9 Å². The second-order valence-corrected chi connectivity index (χ2v) is 8.05. The summed E-state index contributed by atoms with van der Waals surface area (Å²) >= 11 is 0. The molecule has 2 saturated heterocycles. The summed E-state index contributed by atoms with van der Waals surface area (Å²) in [5.41, 5.74) is -0.111. The fourth-order valence-electron chi connectivity index (χ4n) is 3.92. The van der Waals surface area contributed by atoms with E-state index in [1.54, 1.807) is 13.1 Å². The van der Waals surface area contributed by atoms with E-state index in [-0.39, 0.29) is 0 Å². The van der Waals surface area contributed by atoms with E-state index in [2.05, 4.69) is 39.0 Å². The van der Waals surface area contributed by atoms with Crippen molar-refractivity contribution in [3.05, 3.63) is 35.4 Å². The van der Waals surface area contributed by atoms with E-state index in [0.717, 1.165) is 44.7 Å². The van der Waals surface area contributed by atoms with E-state index in [1.165, 1.54) is 12.1 Å². The first-order valence-corrected chi connectivity index (χ1v) is 10.4. The minimum Gasteiger partial charge on any atom is -0.370 e. The lowest BCUT2D eigenvalue weighted by Gasteiger charge is -2.38. The highest BCUT2D eigenvalue weighted by Crippen LogP contribution is 2.32. The molecule has 1 N–H and O–H groups in total. The summed E-state index contributed by atoms with van der Waals surface area (Å²) in [7, 11) is 3.87. The fraction of sp³-hybridized carbons (Fsp3) is 0.667. The van der Waals surface area contributed by atoms with E-state index in [1.807, 2.05) is 0 Å². The zero-order valence-corrected chi connectivity index (χ0v) is 18.0. The number of hydrogen-bond acceptors (Lipinski definition) is 4. The molecule has 2 fully saturated rings. The quantitative estimate of drug-likeness (QED) is 0.590. The Kier molecular flexibility index (Phi) is 7.60. The first-order chi connectivity index (χ1) is 14.3. The monoisotopic (exact) mass is 427 g/mol. The molecular weight excluding hydrogens is 395 g/mol. The molecule has 1 aromatic rings. The van der Waals surface area contributed by atoms with Gasteiger partial charge in [0.25, 0.3) is 0 Å². The molecule has 2 unspecified atom stereocenters. The van der Waals surface area contributed by atoms with Crippen LogP contribution in [0, 0.1) is 0 Å². The van der Waals surface area contributed by atoms with Gasteiger partial charge in [-0.3, -0.25) is 9.89 Å². The Hall–Kier alpha value is -1.84. The van der Waals surface area contributed by atoms with Crippen molar-refractivity contribution >= 4 is 5.96 Å². The first kappa shape index (κ1) is 22.8. The SMILES string of the molecule is CN=C(NCC(C)N1CCN(C)CC1)N1CCOC(c2cccc(C(F)(F)F)c2)C1. The van der Waals surface area contributed by atoms with Crippen LogP contribution in [0.1, 0.15) is 24.2 Å². The summed E-state index contributed by atoms with van der Waals surface area (Å²) in [6, 6.07) is 5.76. The number of alkyl halides is 3. The minimum absolute atomic E-state index is 0.371. The van der Waals surface area contributed by atoms with Gasteiger partial charge in [-0.2, -0.15) is 13.2 Å². The number of morpholine rings is 1. The molecule has 1 aromatic carbocycles. The number of hydrogen-bond donors (Lipinski definition) is 1. The van der Waals surface area contributed by atoms with Gasteiger partial charge >= 0.3 is 6.18 Å². The summed E-state index contributed by atoms with van der Waals surface area (Å²) in [5.74, 6) is 0.760. The van der Waals surface area contributed by atoms with Crippen LogP contribution in [-0.4, -0.2) is 93.2 Å². The van der Waals surface area contributed by atoms with Gasteiger partial charge in [-0.1, -0.05) is 12.1 Å². The molecule has 0 bridgehead atoms. The number of halogens is 3. The molecular formula is C21H32F3N5O. The third-order valence-corrected chi connectivity index (χ3v) is 5.88. The number of benzene rings is 1. The van der Waals surface area contributed by atoms with Crippen LogP contribution in [0.3, 0.4) is 0 Å². The predicted octanol–water partition coefficient (Wildman–Crippen LogP) is 2.29. The van der Waals surface area contributed by atoms with Crippen LogP contribution in [0.5, 0.6) is 0 Å². The van der Waals surface area contributed by atoms with Crippen LogP contribution in [0.4, 0.5) is 13.2 Å². The lowest BCUT2D eigenvalue weighted by molar-refractivity contribution is -0.137. The maximum absolute atomic E-state index is 13.1. The number of rotatable bonds is 4. The van der Waals surface area contributed by atoms with Gasteiger partial charge in [-0.05, 0) is 31.7 Å². The van der Waals surface area contributed by atoms with Crippen LogP contribution in [0.15, 0.2) is 29.3 Å².